The molecule has 0 radical (unpaired) electrons. The number of amides is 2. The number of halogens is 1. The van der Waals surface area contributed by atoms with E-state index >= 15 is 0 Å². The predicted molar refractivity (Wildman–Crippen MR) is 77.7 cm³/mol. The molecule has 7 nitrogen and oxygen atoms in total. The number of carboxylic acid groups (broad SMARTS) is 1. The number of nitrogens with zero attached hydrogens (tertiary/aromatic N) is 1. The Bertz CT molecular complexity index is 675. The molecule has 1 aromatic carbocycles. The minimum atomic E-state index is -3.08. The van der Waals surface area contributed by atoms with Crippen molar-refractivity contribution in [3.63, 3.8) is 0 Å². The summed E-state index contributed by atoms with van der Waals surface area (Å²) in [6.45, 7) is 0.175. The lowest BCUT2D eigenvalue weighted by Crippen LogP contribution is -2.45. The van der Waals surface area contributed by atoms with Crippen LogP contribution in [0.2, 0.25) is 5.02 Å². The number of sulfone groups is 1. The van der Waals surface area contributed by atoms with Crippen LogP contribution < -0.4 is 5.32 Å². The van der Waals surface area contributed by atoms with Crippen molar-refractivity contribution in [3.05, 3.63) is 28.8 Å². The van der Waals surface area contributed by atoms with Crippen LogP contribution in [0.4, 0.5) is 10.5 Å². The van der Waals surface area contributed by atoms with Gasteiger partial charge in [0.25, 0.3) is 0 Å². The van der Waals surface area contributed by atoms with Gasteiger partial charge in [0.05, 0.1) is 22.8 Å². The SMILES string of the molecule is O=C(O)c1cc(Cl)ccc1NC(=O)N1CCS(=O)(=O)CC1. The number of carbonyl (C=O) groups is 2. The number of rotatable bonds is 2. The zero-order valence-corrected chi connectivity index (χ0v) is 12.4. The zero-order chi connectivity index (χ0) is 15.6. The number of carbonyl (C=O) groups excluding carboxylic acids is 1. The molecule has 0 saturated carbocycles. The van der Waals surface area contributed by atoms with Crippen molar-refractivity contribution in [1.29, 1.82) is 0 Å². The summed E-state index contributed by atoms with van der Waals surface area (Å²) in [7, 11) is -3.08. The average molecular weight is 333 g/mol. The van der Waals surface area contributed by atoms with Crippen molar-refractivity contribution in [3.8, 4) is 0 Å². The van der Waals surface area contributed by atoms with E-state index in [1.54, 1.807) is 0 Å². The minimum absolute atomic E-state index is 0.0875. The first-order valence-electron chi connectivity index (χ1n) is 6.08. The second-order valence-corrected chi connectivity index (χ2v) is 7.30. The lowest BCUT2D eigenvalue weighted by Gasteiger charge is -2.27. The zero-order valence-electron chi connectivity index (χ0n) is 10.9. The highest BCUT2D eigenvalue weighted by atomic mass is 35.5. The van der Waals surface area contributed by atoms with Gasteiger partial charge in [0.1, 0.15) is 0 Å². The summed E-state index contributed by atoms with van der Waals surface area (Å²) >= 11 is 5.72. The Morgan fingerprint density at radius 3 is 2.43 bits per heavy atom. The van der Waals surface area contributed by atoms with E-state index in [4.69, 9.17) is 16.7 Å². The Morgan fingerprint density at radius 1 is 1.24 bits per heavy atom. The number of urea groups is 1. The quantitative estimate of drug-likeness (QED) is 0.849. The highest BCUT2D eigenvalue weighted by molar-refractivity contribution is 7.91. The molecular formula is C12H13ClN2O5S. The normalized spacial score (nSPS) is 17.3. The van der Waals surface area contributed by atoms with Crippen molar-refractivity contribution < 1.29 is 23.1 Å². The monoisotopic (exact) mass is 332 g/mol. The minimum Gasteiger partial charge on any atom is -0.478 e. The molecule has 0 aliphatic carbocycles. The summed E-state index contributed by atoms with van der Waals surface area (Å²) in [6.07, 6.45) is 0. The van der Waals surface area contributed by atoms with Crippen molar-refractivity contribution in [1.82, 2.24) is 4.90 Å². The van der Waals surface area contributed by atoms with Gasteiger partial charge < -0.3 is 15.3 Å². The summed E-state index contributed by atoms with van der Waals surface area (Å²) in [5.41, 5.74) is -0.00851. The Hall–Kier alpha value is -1.80. The number of hydrogen-bond donors (Lipinski definition) is 2. The number of anilines is 1. The molecule has 2 amide bonds. The third-order valence-electron chi connectivity index (χ3n) is 3.09. The maximum absolute atomic E-state index is 12.0. The van der Waals surface area contributed by atoms with Gasteiger partial charge in [-0.1, -0.05) is 11.6 Å². The second kappa shape index (κ2) is 5.90. The molecule has 0 unspecified atom stereocenters. The van der Waals surface area contributed by atoms with Gasteiger partial charge in [0, 0.05) is 18.1 Å². The van der Waals surface area contributed by atoms with E-state index < -0.39 is 21.8 Å². The van der Waals surface area contributed by atoms with Gasteiger partial charge in [-0.25, -0.2) is 18.0 Å². The first-order valence-corrected chi connectivity index (χ1v) is 8.27. The van der Waals surface area contributed by atoms with Crippen LogP contribution in [0.1, 0.15) is 10.4 Å². The standard InChI is InChI=1S/C12H13ClN2O5S/c13-8-1-2-10(9(7-8)11(16)17)14-12(18)15-3-5-21(19,20)6-4-15/h1-2,7H,3-6H2,(H,14,18)(H,16,17). The maximum Gasteiger partial charge on any atom is 0.337 e. The van der Waals surface area contributed by atoms with Gasteiger partial charge in [-0.05, 0) is 18.2 Å². The van der Waals surface area contributed by atoms with Crippen LogP contribution in [0.3, 0.4) is 0 Å². The molecule has 1 aromatic rings. The lowest BCUT2D eigenvalue weighted by molar-refractivity contribution is 0.0698. The highest BCUT2D eigenvalue weighted by Crippen LogP contribution is 2.21. The summed E-state index contributed by atoms with van der Waals surface area (Å²) in [5, 5.41) is 11.8. The van der Waals surface area contributed by atoms with Crippen molar-refractivity contribution in [2.24, 2.45) is 0 Å². The van der Waals surface area contributed by atoms with Gasteiger partial charge in [-0.3, -0.25) is 0 Å². The molecular weight excluding hydrogens is 320 g/mol. The summed E-state index contributed by atoms with van der Waals surface area (Å²) in [6, 6.07) is 3.56. The molecule has 1 saturated heterocycles. The maximum atomic E-state index is 12.0. The fourth-order valence-electron chi connectivity index (χ4n) is 1.91. The molecule has 0 spiro atoms. The van der Waals surface area contributed by atoms with Crippen LogP contribution in [0.15, 0.2) is 18.2 Å². The number of hydrogen-bond acceptors (Lipinski definition) is 4. The van der Waals surface area contributed by atoms with Crippen molar-refractivity contribution >= 4 is 39.1 Å². The number of benzene rings is 1. The van der Waals surface area contributed by atoms with Crippen LogP contribution in [-0.4, -0.2) is 55.0 Å². The second-order valence-electron chi connectivity index (χ2n) is 4.56. The van der Waals surface area contributed by atoms with Gasteiger partial charge in [0.15, 0.2) is 9.84 Å². The molecule has 21 heavy (non-hydrogen) atoms. The van der Waals surface area contributed by atoms with E-state index in [-0.39, 0.29) is 40.9 Å². The Kier molecular flexibility index (Phi) is 4.38. The van der Waals surface area contributed by atoms with Gasteiger partial charge in [0.2, 0.25) is 0 Å². The smallest absolute Gasteiger partial charge is 0.337 e. The van der Waals surface area contributed by atoms with Gasteiger partial charge in [-0.15, -0.1) is 0 Å². The Balaban J connectivity index is 2.12. The predicted octanol–water partition coefficient (Wildman–Crippen LogP) is 1.30. The third-order valence-corrected chi connectivity index (χ3v) is 4.93. The molecule has 1 aliphatic heterocycles. The first kappa shape index (κ1) is 15.6. The summed E-state index contributed by atoms with van der Waals surface area (Å²) in [4.78, 5) is 24.5. The van der Waals surface area contributed by atoms with E-state index in [1.807, 2.05) is 0 Å². The Morgan fingerprint density at radius 2 is 1.86 bits per heavy atom. The molecule has 0 atom stereocenters. The number of carboxylic acids is 1. The Labute approximate surface area is 126 Å². The van der Waals surface area contributed by atoms with Crippen LogP contribution in [-0.2, 0) is 9.84 Å². The fourth-order valence-corrected chi connectivity index (χ4v) is 3.29. The first-order chi connectivity index (χ1) is 9.78. The van der Waals surface area contributed by atoms with Crippen LogP contribution in [0, 0.1) is 0 Å². The van der Waals surface area contributed by atoms with Crippen LogP contribution in [0.25, 0.3) is 0 Å². The van der Waals surface area contributed by atoms with E-state index in [9.17, 15) is 18.0 Å². The lowest BCUT2D eigenvalue weighted by atomic mass is 10.2. The van der Waals surface area contributed by atoms with E-state index in [0.717, 1.165) is 0 Å². The topological polar surface area (TPSA) is 104 Å². The average Bonchev–Trinajstić information content (AvgIpc) is 2.40. The molecule has 114 valence electrons. The highest BCUT2D eigenvalue weighted by Gasteiger charge is 2.25. The molecule has 2 rings (SSSR count). The third kappa shape index (κ3) is 3.85. The van der Waals surface area contributed by atoms with E-state index in [0.29, 0.717) is 0 Å². The molecule has 9 heteroatoms. The fraction of sp³-hybridized carbons (Fsp3) is 0.333. The molecule has 0 bridgehead atoms. The molecule has 1 fully saturated rings. The van der Waals surface area contributed by atoms with Crippen LogP contribution in [0.5, 0.6) is 0 Å². The van der Waals surface area contributed by atoms with E-state index in [1.165, 1.54) is 23.1 Å². The van der Waals surface area contributed by atoms with Gasteiger partial charge in [-0.2, -0.15) is 0 Å². The van der Waals surface area contributed by atoms with E-state index in [2.05, 4.69) is 5.32 Å². The summed E-state index contributed by atoms with van der Waals surface area (Å²) in [5.74, 6) is -1.39. The van der Waals surface area contributed by atoms with Crippen LogP contribution >= 0.6 is 11.6 Å². The largest absolute Gasteiger partial charge is 0.478 e. The summed E-state index contributed by atoms with van der Waals surface area (Å²) < 4.78 is 22.6. The van der Waals surface area contributed by atoms with Crippen molar-refractivity contribution in [2.75, 3.05) is 29.9 Å². The van der Waals surface area contributed by atoms with Gasteiger partial charge >= 0.3 is 12.0 Å². The van der Waals surface area contributed by atoms with Crippen molar-refractivity contribution in [2.45, 2.75) is 0 Å². The molecule has 1 aliphatic rings. The number of nitrogens with one attached hydrogen (secondary N) is 1. The number of aromatic carboxylic acids is 1. The molecule has 2 N–H and O–H groups in total. The molecule has 1 heterocycles. The molecule has 0 aromatic heterocycles.